The third-order valence-corrected chi connectivity index (χ3v) is 1.74. The topological polar surface area (TPSA) is 64.4 Å². The molecule has 0 spiro atoms. The lowest BCUT2D eigenvalue weighted by Crippen LogP contribution is -2.26. The van der Waals surface area contributed by atoms with Crippen molar-refractivity contribution in [1.29, 1.82) is 0 Å². The largest absolute Gasteiger partial charge is 0.443 e. The Morgan fingerprint density at radius 1 is 1.62 bits per heavy atom. The monoisotopic (exact) mass is 226 g/mol. The van der Waals surface area contributed by atoms with Gasteiger partial charge in [0.2, 0.25) is 0 Å². The number of imidazole rings is 1. The molecule has 0 fully saturated rings. The SMILES string of the molecule is CC(O)Cc1cn(C(=O)OC(C)(C)C)cn1. The van der Waals surface area contributed by atoms with E-state index in [1.54, 1.807) is 33.9 Å². The van der Waals surface area contributed by atoms with Gasteiger partial charge in [-0.05, 0) is 27.7 Å². The van der Waals surface area contributed by atoms with Gasteiger partial charge in [0.1, 0.15) is 11.9 Å². The van der Waals surface area contributed by atoms with Crippen molar-refractivity contribution in [3.05, 3.63) is 18.2 Å². The van der Waals surface area contributed by atoms with Gasteiger partial charge < -0.3 is 9.84 Å². The Morgan fingerprint density at radius 3 is 2.75 bits per heavy atom. The minimum Gasteiger partial charge on any atom is -0.443 e. The van der Waals surface area contributed by atoms with Crippen LogP contribution in [0.25, 0.3) is 0 Å². The molecule has 5 nitrogen and oxygen atoms in total. The quantitative estimate of drug-likeness (QED) is 0.831. The number of hydrogen-bond donors (Lipinski definition) is 1. The van der Waals surface area contributed by atoms with Crippen molar-refractivity contribution in [2.75, 3.05) is 0 Å². The van der Waals surface area contributed by atoms with Crippen molar-refractivity contribution in [2.45, 2.75) is 45.8 Å². The summed E-state index contributed by atoms with van der Waals surface area (Å²) in [4.78, 5) is 15.6. The van der Waals surface area contributed by atoms with Gasteiger partial charge in [0.25, 0.3) is 0 Å². The summed E-state index contributed by atoms with van der Waals surface area (Å²) < 4.78 is 6.44. The standard InChI is InChI=1S/C11H18N2O3/c1-8(14)5-9-6-13(7-12-9)10(15)16-11(2,3)4/h6-8,14H,5H2,1-4H3. The van der Waals surface area contributed by atoms with Crippen LogP contribution in [0.1, 0.15) is 33.4 Å². The van der Waals surface area contributed by atoms with Crippen LogP contribution in [0.2, 0.25) is 0 Å². The molecule has 1 atom stereocenters. The van der Waals surface area contributed by atoms with Gasteiger partial charge in [0, 0.05) is 12.6 Å². The molecule has 90 valence electrons. The molecule has 5 heteroatoms. The molecule has 1 heterocycles. The number of aromatic nitrogens is 2. The van der Waals surface area contributed by atoms with Crippen LogP contribution in [0.3, 0.4) is 0 Å². The van der Waals surface area contributed by atoms with Crippen molar-refractivity contribution >= 4 is 6.09 Å². The lowest BCUT2D eigenvalue weighted by molar-refractivity contribution is 0.0536. The minimum atomic E-state index is -0.522. The highest BCUT2D eigenvalue weighted by Crippen LogP contribution is 2.09. The van der Waals surface area contributed by atoms with Gasteiger partial charge in [-0.2, -0.15) is 0 Å². The zero-order valence-electron chi connectivity index (χ0n) is 10.1. The predicted octanol–water partition coefficient (Wildman–Crippen LogP) is 1.59. The normalized spacial score (nSPS) is 13.6. The molecule has 0 saturated heterocycles. The predicted molar refractivity (Wildman–Crippen MR) is 59.2 cm³/mol. The Morgan fingerprint density at radius 2 is 2.25 bits per heavy atom. The average Bonchev–Trinajstić information content (AvgIpc) is 2.48. The molecular formula is C11H18N2O3. The number of nitrogens with zero attached hydrogens (tertiary/aromatic N) is 2. The first kappa shape index (κ1) is 12.7. The molecule has 0 radical (unpaired) electrons. The van der Waals surface area contributed by atoms with Crippen molar-refractivity contribution < 1.29 is 14.6 Å². The number of aliphatic hydroxyl groups excluding tert-OH is 1. The number of carbonyl (C=O) groups excluding carboxylic acids is 1. The van der Waals surface area contributed by atoms with E-state index in [-0.39, 0.29) is 0 Å². The lowest BCUT2D eigenvalue weighted by atomic mass is 10.2. The van der Waals surface area contributed by atoms with Gasteiger partial charge in [-0.25, -0.2) is 14.3 Å². The van der Waals surface area contributed by atoms with Crippen molar-refractivity contribution in [3.63, 3.8) is 0 Å². The fourth-order valence-electron chi connectivity index (χ4n) is 1.19. The van der Waals surface area contributed by atoms with Crippen LogP contribution in [0, 0.1) is 0 Å². The second-order valence-electron chi connectivity index (χ2n) is 4.81. The maximum absolute atomic E-state index is 11.6. The van der Waals surface area contributed by atoms with E-state index in [9.17, 15) is 9.90 Å². The fourth-order valence-corrected chi connectivity index (χ4v) is 1.19. The second-order valence-corrected chi connectivity index (χ2v) is 4.81. The van der Waals surface area contributed by atoms with E-state index in [4.69, 9.17) is 4.74 Å². The number of aliphatic hydroxyl groups is 1. The van der Waals surface area contributed by atoms with Crippen LogP contribution in [0.4, 0.5) is 4.79 Å². The Hall–Kier alpha value is -1.36. The van der Waals surface area contributed by atoms with Crippen molar-refractivity contribution in [1.82, 2.24) is 9.55 Å². The van der Waals surface area contributed by atoms with Crippen LogP contribution in [-0.2, 0) is 11.2 Å². The van der Waals surface area contributed by atoms with Gasteiger partial charge in [0.15, 0.2) is 0 Å². The highest BCUT2D eigenvalue weighted by Gasteiger charge is 2.18. The van der Waals surface area contributed by atoms with E-state index < -0.39 is 17.8 Å². The smallest absolute Gasteiger partial charge is 0.419 e. The number of hydrogen-bond acceptors (Lipinski definition) is 4. The molecule has 1 N–H and O–H groups in total. The average molecular weight is 226 g/mol. The highest BCUT2D eigenvalue weighted by molar-refractivity contribution is 5.70. The molecule has 0 saturated carbocycles. The summed E-state index contributed by atoms with van der Waals surface area (Å²) in [7, 11) is 0. The summed E-state index contributed by atoms with van der Waals surface area (Å²) in [6.07, 6.45) is 2.46. The summed E-state index contributed by atoms with van der Waals surface area (Å²) >= 11 is 0. The maximum Gasteiger partial charge on any atom is 0.419 e. The molecule has 0 aliphatic heterocycles. The molecule has 0 amide bonds. The molecule has 0 bridgehead atoms. The first-order valence-corrected chi connectivity index (χ1v) is 5.22. The summed E-state index contributed by atoms with van der Waals surface area (Å²) in [5.41, 5.74) is 0.145. The molecular weight excluding hydrogens is 208 g/mol. The van der Waals surface area contributed by atoms with Gasteiger partial charge in [0.05, 0.1) is 11.8 Å². The van der Waals surface area contributed by atoms with Crippen LogP contribution in [0.15, 0.2) is 12.5 Å². The molecule has 16 heavy (non-hydrogen) atoms. The van der Waals surface area contributed by atoms with Crippen molar-refractivity contribution in [3.8, 4) is 0 Å². The van der Waals surface area contributed by atoms with E-state index in [0.717, 1.165) is 0 Å². The van der Waals surface area contributed by atoms with Crippen LogP contribution in [-0.4, -0.2) is 32.5 Å². The summed E-state index contributed by atoms with van der Waals surface area (Å²) in [5.74, 6) is 0. The first-order chi connectivity index (χ1) is 7.28. The molecule has 0 aliphatic rings. The molecule has 1 aromatic rings. The van der Waals surface area contributed by atoms with E-state index in [1.165, 1.54) is 10.9 Å². The van der Waals surface area contributed by atoms with E-state index >= 15 is 0 Å². The molecule has 1 rings (SSSR count). The second kappa shape index (κ2) is 4.65. The van der Waals surface area contributed by atoms with Crippen LogP contribution >= 0.6 is 0 Å². The molecule has 0 aromatic carbocycles. The van der Waals surface area contributed by atoms with Crippen molar-refractivity contribution in [2.24, 2.45) is 0 Å². The number of ether oxygens (including phenoxy) is 1. The van der Waals surface area contributed by atoms with E-state index in [2.05, 4.69) is 4.98 Å². The minimum absolute atomic E-state index is 0.426. The summed E-state index contributed by atoms with van der Waals surface area (Å²) in [5, 5.41) is 9.17. The van der Waals surface area contributed by atoms with Gasteiger partial charge in [-0.15, -0.1) is 0 Å². The summed E-state index contributed by atoms with van der Waals surface area (Å²) in [6, 6.07) is 0. The van der Waals surface area contributed by atoms with Crippen LogP contribution < -0.4 is 0 Å². The number of rotatable bonds is 2. The summed E-state index contributed by atoms with van der Waals surface area (Å²) in [6.45, 7) is 7.09. The zero-order chi connectivity index (χ0) is 12.3. The Kier molecular flexibility index (Phi) is 3.70. The Labute approximate surface area is 95.1 Å². The highest BCUT2D eigenvalue weighted by atomic mass is 16.6. The third-order valence-electron chi connectivity index (χ3n) is 1.74. The first-order valence-electron chi connectivity index (χ1n) is 5.22. The van der Waals surface area contributed by atoms with Gasteiger partial charge in [-0.1, -0.05) is 0 Å². The van der Waals surface area contributed by atoms with Gasteiger partial charge in [-0.3, -0.25) is 0 Å². The maximum atomic E-state index is 11.6. The molecule has 1 aromatic heterocycles. The zero-order valence-corrected chi connectivity index (χ0v) is 10.1. The van der Waals surface area contributed by atoms with E-state index in [1.807, 2.05) is 0 Å². The lowest BCUT2D eigenvalue weighted by Gasteiger charge is -2.19. The van der Waals surface area contributed by atoms with Crippen LogP contribution in [0.5, 0.6) is 0 Å². The van der Waals surface area contributed by atoms with Gasteiger partial charge >= 0.3 is 6.09 Å². The van der Waals surface area contributed by atoms with E-state index in [0.29, 0.717) is 12.1 Å². The number of carbonyl (C=O) groups is 1. The Balaban J connectivity index is 2.67. The third kappa shape index (κ3) is 4.02. The molecule has 1 unspecified atom stereocenters. The molecule has 0 aliphatic carbocycles. The Bertz CT molecular complexity index is 364. The fraction of sp³-hybridized carbons (Fsp3) is 0.636.